The summed E-state index contributed by atoms with van der Waals surface area (Å²) in [5, 5.41) is 8.71. The minimum atomic E-state index is -0.369. The van der Waals surface area contributed by atoms with Crippen molar-refractivity contribution in [3.8, 4) is 0 Å². The molecule has 0 aliphatic carbocycles. The quantitative estimate of drug-likeness (QED) is 0.529. The Morgan fingerprint density at radius 2 is 1.31 bits per heavy atom. The first-order valence-electron chi connectivity index (χ1n) is 10.5. The molecular weight excluding hydrogens is 361 g/mol. The average Bonchev–Trinajstić information content (AvgIpc) is 2.59. The van der Waals surface area contributed by atoms with Gasteiger partial charge in [-0.25, -0.2) is 4.98 Å². The second-order valence-electron chi connectivity index (χ2n) is 11.7. The predicted molar refractivity (Wildman–Crippen MR) is 119 cm³/mol. The fourth-order valence-electron chi connectivity index (χ4n) is 3.35. The molecule has 0 saturated carbocycles. The van der Waals surface area contributed by atoms with Crippen LogP contribution in [0.15, 0.2) is 24.5 Å². The average molecular weight is 400 g/mol. The van der Waals surface area contributed by atoms with Gasteiger partial charge in [-0.15, -0.1) is 0 Å². The molecule has 4 heteroatoms. The third-order valence-corrected chi connectivity index (χ3v) is 6.02. The Hall–Kier alpha value is -1.84. The first-order valence-corrected chi connectivity index (χ1v) is 10.5. The fraction of sp³-hybridized carbons (Fsp3) is 0.640. The Balaban J connectivity index is 2.26. The maximum atomic E-state index is 14.3. The van der Waals surface area contributed by atoms with E-state index in [2.05, 4.69) is 69.7 Å². The molecule has 3 nitrogen and oxygen atoms in total. The van der Waals surface area contributed by atoms with Crippen LogP contribution in [0.25, 0.3) is 0 Å². The first-order chi connectivity index (χ1) is 13.0. The second-order valence-corrected chi connectivity index (χ2v) is 11.7. The van der Waals surface area contributed by atoms with Crippen LogP contribution in [-0.2, 0) is 21.7 Å². The predicted octanol–water partition coefficient (Wildman–Crippen LogP) is 6.64. The second kappa shape index (κ2) is 7.77. The van der Waals surface area contributed by atoms with Gasteiger partial charge in [0.25, 0.3) is 0 Å². The van der Waals surface area contributed by atoms with Crippen molar-refractivity contribution in [3.63, 3.8) is 0 Å². The molecule has 0 aromatic carbocycles. The Bertz CT molecular complexity index is 855. The van der Waals surface area contributed by atoms with E-state index in [1.54, 1.807) is 6.20 Å². The summed E-state index contributed by atoms with van der Waals surface area (Å²) in [6.07, 6.45) is 5.45. The number of halogens is 1. The number of hydrogen-bond donors (Lipinski definition) is 0. The molecule has 0 bridgehead atoms. The summed E-state index contributed by atoms with van der Waals surface area (Å²) in [7, 11) is 0. The number of pyridine rings is 1. The van der Waals surface area contributed by atoms with Gasteiger partial charge < -0.3 is 0 Å². The molecule has 0 amide bonds. The van der Waals surface area contributed by atoms with Crippen LogP contribution in [-0.4, -0.2) is 15.2 Å². The summed E-state index contributed by atoms with van der Waals surface area (Å²) in [5.74, 6) is -0.369. The van der Waals surface area contributed by atoms with Crippen LogP contribution in [0.3, 0.4) is 0 Å². The van der Waals surface area contributed by atoms with E-state index < -0.39 is 0 Å². The molecule has 0 atom stereocenters. The minimum absolute atomic E-state index is 0.0448. The van der Waals surface area contributed by atoms with Crippen LogP contribution < -0.4 is 0 Å². The van der Waals surface area contributed by atoms with Crippen molar-refractivity contribution in [2.75, 3.05) is 0 Å². The lowest BCUT2D eigenvalue weighted by Crippen LogP contribution is -2.27. The number of rotatable bonds is 5. The summed E-state index contributed by atoms with van der Waals surface area (Å²) in [4.78, 5) is 4.06. The van der Waals surface area contributed by atoms with E-state index in [0.717, 1.165) is 24.1 Å². The van der Waals surface area contributed by atoms with Crippen molar-refractivity contribution in [1.29, 1.82) is 0 Å². The van der Waals surface area contributed by atoms with Crippen molar-refractivity contribution >= 4 is 0 Å². The number of hydrogen-bond acceptors (Lipinski definition) is 3. The molecule has 0 radical (unpaired) electrons. The van der Waals surface area contributed by atoms with Crippen LogP contribution in [0.1, 0.15) is 104 Å². The summed E-state index contributed by atoms with van der Waals surface area (Å²) in [5.41, 5.74) is 3.52. The SMILES string of the molecule is CC(C)(C)c1cnnc(C(C)(C)CCC(C)(C)c2cnc(F)c(C(C)(C)C)c2)c1. The summed E-state index contributed by atoms with van der Waals surface area (Å²) in [6, 6.07) is 4.19. The summed E-state index contributed by atoms with van der Waals surface area (Å²) >= 11 is 0. The van der Waals surface area contributed by atoms with Gasteiger partial charge in [0.15, 0.2) is 0 Å². The highest BCUT2D eigenvalue weighted by Crippen LogP contribution is 2.37. The Morgan fingerprint density at radius 1 is 0.724 bits per heavy atom. The molecule has 0 aliphatic rings. The van der Waals surface area contributed by atoms with Gasteiger partial charge in [-0.1, -0.05) is 69.2 Å². The van der Waals surface area contributed by atoms with E-state index in [-0.39, 0.29) is 27.6 Å². The smallest absolute Gasteiger partial charge is 0.216 e. The summed E-state index contributed by atoms with van der Waals surface area (Å²) in [6.45, 7) is 21.5. The minimum Gasteiger partial charge on any atom is -0.228 e. The molecule has 0 N–H and O–H groups in total. The van der Waals surface area contributed by atoms with Gasteiger partial charge in [-0.2, -0.15) is 14.6 Å². The molecule has 0 saturated heterocycles. The molecule has 0 spiro atoms. The lowest BCUT2D eigenvalue weighted by atomic mass is 9.73. The number of nitrogens with zero attached hydrogens (tertiary/aromatic N) is 3. The molecule has 2 aromatic heterocycles. The van der Waals surface area contributed by atoms with Crippen molar-refractivity contribution < 1.29 is 4.39 Å². The van der Waals surface area contributed by atoms with Crippen LogP contribution in [0.5, 0.6) is 0 Å². The Kier molecular flexibility index (Phi) is 6.28. The molecule has 0 fully saturated rings. The van der Waals surface area contributed by atoms with Crippen LogP contribution >= 0.6 is 0 Å². The Morgan fingerprint density at radius 3 is 1.86 bits per heavy atom. The van der Waals surface area contributed by atoms with Crippen LogP contribution in [0, 0.1) is 5.95 Å². The molecule has 0 aliphatic heterocycles. The molecule has 2 heterocycles. The molecular formula is C25H38FN3. The third kappa shape index (κ3) is 5.61. The van der Waals surface area contributed by atoms with Gasteiger partial charge in [-0.3, -0.25) is 0 Å². The van der Waals surface area contributed by atoms with E-state index in [1.165, 1.54) is 5.56 Å². The van der Waals surface area contributed by atoms with Gasteiger partial charge in [0.1, 0.15) is 0 Å². The van der Waals surface area contributed by atoms with Crippen molar-refractivity contribution in [2.24, 2.45) is 0 Å². The maximum absolute atomic E-state index is 14.3. The van der Waals surface area contributed by atoms with Gasteiger partial charge >= 0.3 is 0 Å². The standard InChI is InChI=1S/C25H38FN3/c1-22(2,3)17-14-20(29-28-16-17)25(9,10)12-11-24(7,8)18-13-19(23(4,5)6)21(26)27-15-18/h13-16H,11-12H2,1-10H3. The summed E-state index contributed by atoms with van der Waals surface area (Å²) < 4.78 is 14.3. The monoisotopic (exact) mass is 399 g/mol. The highest BCUT2D eigenvalue weighted by Gasteiger charge is 2.31. The van der Waals surface area contributed by atoms with Crippen LogP contribution in [0.4, 0.5) is 4.39 Å². The topological polar surface area (TPSA) is 38.7 Å². The van der Waals surface area contributed by atoms with Gasteiger partial charge in [0.2, 0.25) is 5.95 Å². The largest absolute Gasteiger partial charge is 0.228 e. The Labute approximate surface area is 176 Å². The van der Waals surface area contributed by atoms with Crippen LogP contribution in [0.2, 0.25) is 0 Å². The van der Waals surface area contributed by atoms with Gasteiger partial charge in [0, 0.05) is 17.2 Å². The van der Waals surface area contributed by atoms with Crippen molar-refractivity contribution in [2.45, 2.75) is 104 Å². The highest BCUT2D eigenvalue weighted by molar-refractivity contribution is 5.30. The van der Waals surface area contributed by atoms with Gasteiger partial charge in [0.05, 0.1) is 11.9 Å². The highest BCUT2D eigenvalue weighted by atomic mass is 19.1. The zero-order valence-electron chi connectivity index (χ0n) is 19.9. The molecule has 160 valence electrons. The lowest BCUT2D eigenvalue weighted by Gasteiger charge is -2.32. The maximum Gasteiger partial charge on any atom is 0.216 e. The van der Waals surface area contributed by atoms with E-state index >= 15 is 0 Å². The van der Waals surface area contributed by atoms with Crippen molar-refractivity contribution in [3.05, 3.63) is 52.9 Å². The fourth-order valence-corrected chi connectivity index (χ4v) is 3.35. The van der Waals surface area contributed by atoms with Crippen molar-refractivity contribution in [1.82, 2.24) is 15.2 Å². The molecule has 29 heavy (non-hydrogen) atoms. The third-order valence-electron chi connectivity index (χ3n) is 6.02. The van der Waals surface area contributed by atoms with E-state index in [9.17, 15) is 4.39 Å². The van der Waals surface area contributed by atoms with E-state index in [1.807, 2.05) is 33.0 Å². The number of aromatic nitrogens is 3. The van der Waals surface area contributed by atoms with E-state index in [4.69, 9.17) is 0 Å². The first kappa shape index (κ1) is 23.4. The zero-order chi connectivity index (χ0) is 22.3. The zero-order valence-corrected chi connectivity index (χ0v) is 19.9. The van der Waals surface area contributed by atoms with Gasteiger partial charge in [-0.05, 0) is 52.3 Å². The molecule has 2 rings (SSSR count). The molecule has 2 aromatic rings. The normalized spacial score (nSPS) is 13.6. The molecule has 0 unspecified atom stereocenters. The lowest BCUT2D eigenvalue weighted by molar-refractivity contribution is 0.363. The van der Waals surface area contributed by atoms with E-state index in [0.29, 0.717) is 5.56 Å².